The molecule has 1 aromatic rings. The van der Waals surface area contributed by atoms with E-state index in [0.717, 1.165) is 19.4 Å². The number of aromatic nitrogens is 2. The van der Waals surface area contributed by atoms with Crippen LogP contribution in [-0.4, -0.2) is 29.5 Å². The van der Waals surface area contributed by atoms with Crippen LogP contribution in [0.15, 0.2) is 11.0 Å². The van der Waals surface area contributed by atoms with Crippen LogP contribution in [0, 0.1) is 0 Å². The predicted molar refractivity (Wildman–Crippen MR) is 73.4 cm³/mol. The second-order valence-electron chi connectivity index (χ2n) is 3.89. The van der Waals surface area contributed by atoms with Crippen molar-refractivity contribution in [3.05, 3.63) is 21.6 Å². The molecule has 1 N–H and O–H groups in total. The molecule has 0 fully saturated rings. The molecule has 0 aliphatic heterocycles. The van der Waals surface area contributed by atoms with Crippen LogP contribution in [-0.2, 0) is 11.3 Å². The Morgan fingerprint density at radius 3 is 2.89 bits per heavy atom. The Hall–Kier alpha value is -1.07. The monoisotopic (exact) mass is 273 g/mol. The van der Waals surface area contributed by atoms with E-state index in [0.29, 0.717) is 25.4 Å². The Labute approximate surface area is 112 Å². The first kappa shape index (κ1) is 15.0. The van der Waals surface area contributed by atoms with E-state index >= 15 is 0 Å². The fourth-order valence-corrected chi connectivity index (χ4v) is 1.67. The van der Waals surface area contributed by atoms with Crippen LogP contribution in [0.5, 0.6) is 0 Å². The van der Waals surface area contributed by atoms with E-state index in [9.17, 15) is 4.79 Å². The molecule has 0 amide bonds. The number of hydrogen-bond acceptors (Lipinski definition) is 4. The van der Waals surface area contributed by atoms with E-state index in [2.05, 4.69) is 17.3 Å². The summed E-state index contributed by atoms with van der Waals surface area (Å²) < 4.78 is 6.69. The number of anilines is 1. The Morgan fingerprint density at radius 2 is 2.22 bits per heavy atom. The molecular formula is C12H20ClN3O2. The fourth-order valence-electron chi connectivity index (χ4n) is 1.46. The van der Waals surface area contributed by atoms with Gasteiger partial charge in [0.1, 0.15) is 5.02 Å². The van der Waals surface area contributed by atoms with Crippen molar-refractivity contribution < 1.29 is 4.74 Å². The van der Waals surface area contributed by atoms with Gasteiger partial charge in [-0.2, -0.15) is 5.10 Å². The highest BCUT2D eigenvalue weighted by molar-refractivity contribution is 6.32. The highest BCUT2D eigenvalue weighted by atomic mass is 35.5. The maximum atomic E-state index is 11.7. The lowest BCUT2D eigenvalue weighted by atomic mass is 10.4. The second kappa shape index (κ2) is 8.11. The lowest BCUT2D eigenvalue weighted by Gasteiger charge is -2.09. The van der Waals surface area contributed by atoms with Crippen LogP contribution in [0.4, 0.5) is 5.69 Å². The highest BCUT2D eigenvalue weighted by Gasteiger charge is 2.07. The van der Waals surface area contributed by atoms with Crippen molar-refractivity contribution in [1.29, 1.82) is 0 Å². The molecule has 18 heavy (non-hydrogen) atoms. The van der Waals surface area contributed by atoms with Gasteiger partial charge >= 0.3 is 0 Å². The van der Waals surface area contributed by atoms with Crippen LogP contribution in [0.25, 0.3) is 0 Å². The first-order valence-corrected chi connectivity index (χ1v) is 6.65. The van der Waals surface area contributed by atoms with Crippen LogP contribution < -0.4 is 10.9 Å². The van der Waals surface area contributed by atoms with Crippen molar-refractivity contribution >= 4 is 17.3 Å². The molecule has 0 saturated heterocycles. The van der Waals surface area contributed by atoms with Gasteiger partial charge in [-0.3, -0.25) is 4.79 Å². The lowest BCUT2D eigenvalue weighted by Crippen LogP contribution is -2.23. The van der Waals surface area contributed by atoms with E-state index < -0.39 is 0 Å². The van der Waals surface area contributed by atoms with Gasteiger partial charge in [0, 0.05) is 26.3 Å². The molecule has 0 saturated carbocycles. The van der Waals surface area contributed by atoms with E-state index in [1.165, 1.54) is 4.68 Å². The van der Waals surface area contributed by atoms with Gasteiger partial charge in [0.15, 0.2) is 0 Å². The van der Waals surface area contributed by atoms with Gasteiger partial charge < -0.3 is 10.1 Å². The number of nitrogens with one attached hydrogen (secondary N) is 1. The molecule has 0 aliphatic carbocycles. The lowest BCUT2D eigenvalue weighted by molar-refractivity contribution is 0.134. The first-order valence-electron chi connectivity index (χ1n) is 6.27. The summed E-state index contributed by atoms with van der Waals surface area (Å²) in [4.78, 5) is 11.7. The van der Waals surface area contributed by atoms with Crippen LogP contribution in [0.1, 0.15) is 26.7 Å². The summed E-state index contributed by atoms with van der Waals surface area (Å²) in [7, 11) is 0. The zero-order chi connectivity index (χ0) is 13.4. The topological polar surface area (TPSA) is 56.1 Å². The molecule has 0 spiro atoms. The Morgan fingerprint density at radius 1 is 1.44 bits per heavy atom. The minimum atomic E-state index is -0.258. The van der Waals surface area contributed by atoms with Gasteiger partial charge in [0.2, 0.25) is 0 Å². The third-order valence-electron chi connectivity index (χ3n) is 2.41. The van der Waals surface area contributed by atoms with Crippen molar-refractivity contribution in [3.8, 4) is 0 Å². The van der Waals surface area contributed by atoms with Crippen molar-refractivity contribution in [2.45, 2.75) is 33.2 Å². The van der Waals surface area contributed by atoms with Gasteiger partial charge in [-0.1, -0.05) is 18.5 Å². The minimum absolute atomic E-state index is 0.196. The largest absolute Gasteiger partial charge is 0.382 e. The first-order chi connectivity index (χ1) is 8.70. The number of halogens is 1. The second-order valence-corrected chi connectivity index (χ2v) is 4.26. The molecule has 0 radical (unpaired) electrons. The molecular weight excluding hydrogens is 254 g/mol. The number of aryl methyl sites for hydroxylation is 1. The molecule has 0 aliphatic rings. The maximum absolute atomic E-state index is 11.7. The summed E-state index contributed by atoms with van der Waals surface area (Å²) in [5.74, 6) is 0. The SMILES string of the molecule is CCCOCCCNc1cnn(CC)c(=O)c1Cl. The van der Waals surface area contributed by atoms with E-state index in [4.69, 9.17) is 16.3 Å². The zero-order valence-electron chi connectivity index (χ0n) is 10.9. The number of rotatable bonds is 8. The van der Waals surface area contributed by atoms with Crippen LogP contribution in [0.2, 0.25) is 5.02 Å². The van der Waals surface area contributed by atoms with Gasteiger partial charge in [-0.05, 0) is 19.8 Å². The van der Waals surface area contributed by atoms with E-state index in [-0.39, 0.29) is 10.6 Å². The van der Waals surface area contributed by atoms with Gasteiger partial charge in [0.25, 0.3) is 5.56 Å². The predicted octanol–water partition coefficient (Wildman–Crippen LogP) is 2.15. The molecule has 1 rings (SSSR count). The number of nitrogens with zero attached hydrogens (tertiary/aromatic N) is 2. The highest BCUT2D eigenvalue weighted by Crippen LogP contribution is 2.14. The average Bonchev–Trinajstić information content (AvgIpc) is 2.38. The average molecular weight is 274 g/mol. The molecule has 5 nitrogen and oxygen atoms in total. The molecule has 0 unspecified atom stereocenters. The molecule has 1 heterocycles. The minimum Gasteiger partial charge on any atom is -0.382 e. The molecule has 6 heteroatoms. The third-order valence-corrected chi connectivity index (χ3v) is 2.78. The summed E-state index contributed by atoms with van der Waals surface area (Å²) in [5.41, 5.74) is 0.327. The molecule has 0 aromatic carbocycles. The van der Waals surface area contributed by atoms with Crippen LogP contribution in [0.3, 0.4) is 0 Å². The smallest absolute Gasteiger partial charge is 0.287 e. The Bertz CT molecular complexity index is 420. The van der Waals surface area contributed by atoms with Crippen molar-refractivity contribution in [1.82, 2.24) is 9.78 Å². The van der Waals surface area contributed by atoms with E-state index in [1.807, 2.05) is 6.92 Å². The van der Waals surface area contributed by atoms with Crippen LogP contribution >= 0.6 is 11.6 Å². The Balaban J connectivity index is 2.43. The Kier molecular flexibility index (Phi) is 6.75. The van der Waals surface area contributed by atoms with Crippen molar-refractivity contribution in [2.75, 3.05) is 25.1 Å². The van der Waals surface area contributed by atoms with Gasteiger partial charge in [-0.15, -0.1) is 0 Å². The molecule has 0 bridgehead atoms. The molecule has 102 valence electrons. The molecule has 0 atom stereocenters. The van der Waals surface area contributed by atoms with Crippen molar-refractivity contribution in [2.24, 2.45) is 0 Å². The summed E-state index contributed by atoms with van der Waals surface area (Å²) in [6.45, 7) is 6.65. The van der Waals surface area contributed by atoms with Gasteiger partial charge in [-0.25, -0.2) is 4.68 Å². The normalized spacial score (nSPS) is 10.6. The number of hydrogen-bond donors (Lipinski definition) is 1. The summed E-state index contributed by atoms with van der Waals surface area (Å²) >= 11 is 5.97. The standard InChI is InChI=1S/C12H20ClN3O2/c1-3-7-18-8-5-6-14-10-9-15-16(4-2)12(17)11(10)13/h9,14H,3-8H2,1-2H3. The summed E-state index contributed by atoms with van der Waals surface area (Å²) in [5, 5.41) is 7.30. The summed E-state index contributed by atoms with van der Waals surface area (Å²) in [6.07, 6.45) is 3.48. The van der Waals surface area contributed by atoms with E-state index in [1.54, 1.807) is 6.20 Å². The van der Waals surface area contributed by atoms with Crippen molar-refractivity contribution in [3.63, 3.8) is 0 Å². The summed E-state index contributed by atoms with van der Waals surface area (Å²) in [6, 6.07) is 0. The maximum Gasteiger partial charge on any atom is 0.287 e. The molecule has 1 aromatic heterocycles. The fraction of sp³-hybridized carbons (Fsp3) is 0.667. The quantitative estimate of drug-likeness (QED) is 0.738. The van der Waals surface area contributed by atoms with Gasteiger partial charge in [0.05, 0.1) is 11.9 Å². The zero-order valence-corrected chi connectivity index (χ0v) is 11.7. The third kappa shape index (κ3) is 4.31. The number of ether oxygens (including phenoxy) is 1.